The monoisotopic (exact) mass is 495 g/mol. The van der Waals surface area contributed by atoms with Gasteiger partial charge in [-0.15, -0.1) is 0 Å². The summed E-state index contributed by atoms with van der Waals surface area (Å²) in [6, 6.07) is 12.9. The van der Waals surface area contributed by atoms with Crippen LogP contribution in [0, 0.1) is 5.92 Å². The number of nitrogens with one attached hydrogen (secondary N) is 2. The number of carbonyl (C=O) groups is 1. The lowest BCUT2D eigenvalue weighted by Crippen LogP contribution is -2.47. The fourth-order valence-corrected chi connectivity index (χ4v) is 4.75. The number of amides is 1. The SMILES string of the molecule is CC(C)[C@H](NS(=O)(=O)c1ccc(Br)cc1)C(=O)Nc1ccc(N2CCOCC2)cc1. The Balaban J connectivity index is 1.68. The third-order valence-corrected chi connectivity index (χ3v) is 6.85. The van der Waals surface area contributed by atoms with Crippen LogP contribution in [0.15, 0.2) is 57.9 Å². The van der Waals surface area contributed by atoms with E-state index in [0.717, 1.165) is 23.2 Å². The number of carbonyl (C=O) groups excluding carboxylic acids is 1. The molecule has 1 heterocycles. The number of ether oxygens (including phenoxy) is 1. The van der Waals surface area contributed by atoms with Crippen LogP contribution in [0.2, 0.25) is 0 Å². The zero-order valence-electron chi connectivity index (χ0n) is 17.0. The lowest BCUT2D eigenvalue weighted by molar-refractivity contribution is -0.118. The van der Waals surface area contributed by atoms with Gasteiger partial charge in [0.2, 0.25) is 15.9 Å². The van der Waals surface area contributed by atoms with Crippen LogP contribution >= 0.6 is 15.9 Å². The molecule has 2 aromatic rings. The first-order valence-electron chi connectivity index (χ1n) is 9.78. The van der Waals surface area contributed by atoms with Crippen LogP contribution < -0.4 is 14.9 Å². The number of hydrogen-bond donors (Lipinski definition) is 2. The average Bonchev–Trinajstić information content (AvgIpc) is 2.73. The number of sulfonamides is 1. The van der Waals surface area contributed by atoms with E-state index in [4.69, 9.17) is 4.74 Å². The lowest BCUT2D eigenvalue weighted by Gasteiger charge is -2.29. The van der Waals surface area contributed by atoms with Crippen LogP contribution in [0.25, 0.3) is 0 Å². The zero-order valence-corrected chi connectivity index (χ0v) is 19.4. The second-order valence-corrected chi connectivity index (χ2v) is 10.1. The average molecular weight is 496 g/mol. The van der Waals surface area contributed by atoms with Crippen LogP contribution in [-0.2, 0) is 19.6 Å². The summed E-state index contributed by atoms with van der Waals surface area (Å²) >= 11 is 3.29. The Morgan fingerprint density at radius 1 is 1.03 bits per heavy atom. The molecule has 0 bridgehead atoms. The minimum atomic E-state index is -3.83. The van der Waals surface area contributed by atoms with Gasteiger partial charge < -0.3 is 15.0 Å². The van der Waals surface area contributed by atoms with Crippen LogP contribution in [0.5, 0.6) is 0 Å². The molecule has 9 heteroatoms. The first-order valence-corrected chi connectivity index (χ1v) is 12.1. The summed E-state index contributed by atoms with van der Waals surface area (Å²) in [5.41, 5.74) is 1.68. The first kappa shape index (κ1) is 22.7. The van der Waals surface area contributed by atoms with Crippen molar-refractivity contribution in [1.29, 1.82) is 0 Å². The van der Waals surface area contributed by atoms with Gasteiger partial charge in [-0.3, -0.25) is 4.79 Å². The highest BCUT2D eigenvalue weighted by atomic mass is 79.9. The fraction of sp³-hybridized carbons (Fsp3) is 0.381. The molecule has 0 aliphatic carbocycles. The maximum Gasteiger partial charge on any atom is 0.242 e. The van der Waals surface area contributed by atoms with Crippen molar-refractivity contribution in [3.63, 3.8) is 0 Å². The van der Waals surface area contributed by atoms with E-state index < -0.39 is 22.0 Å². The highest BCUT2D eigenvalue weighted by Gasteiger charge is 2.28. The van der Waals surface area contributed by atoms with E-state index in [9.17, 15) is 13.2 Å². The summed E-state index contributed by atoms with van der Waals surface area (Å²) in [5, 5.41) is 2.82. The van der Waals surface area contributed by atoms with Crippen molar-refractivity contribution in [2.45, 2.75) is 24.8 Å². The fourth-order valence-electron chi connectivity index (χ4n) is 3.14. The summed E-state index contributed by atoms with van der Waals surface area (Å²) in [6.07, 6.45) is 0. The Hall–Kier alpha value is -1.94. The normalized spacial score (nSPS) is 15.8. The lowest BCUT2D eigenvalue weighted by atomic mass is 10.0. The van der Waals surface area contributed by atoms with Crippen LogP contribution in [0.4, 0.5) is 11.4 Å². The molecule has 3 rings (SSSR count). The number of halogens is 1. The molecular formula is C21H26BrN3O4S. The van der Waals surface area contributed by atoms with E-state index in [1.807, 2.05) is 24.3 Å². The molecule has 0 radical (unpaired) electrons. The number of benzene rings is 2. The van der Waals surface area contributed by atoms with E-state index in [1.165, 1.54) is 12.1 Å². The van der Waals surface area contributed by atoms with Crippen molar-refractivity contribution >= 4 is 43.2 Å². The third kappa shape index (κ3) is 5.81. The van der Waals surface area contributed by atoms with E-state index in [0.29, 0.717) is 18.9 Å². The number of anilines is 2. The largest absolute Gasteiger partial charge is 0.378 e. The van der Waals surface area contributed by atoms with E-state index in [1.54, 1.807) is 26.0 Å². The molecule has 1 amide bonds. The molecule has 7 nitrogen and oxygen atoms in total. The highest BCUT2D eigenvalue weighted by Crippen LogP contribution is 2.20. The molecule has 1 saturated heterocycles. The molecule has 0 spiro atoms. The predicted molar refractivity (Wildman–Crippen MR) is 121 cm³/mol. The molecular weight excluding hydrogens is 470 g/mol. The van der Waals surface area contributed by atoms with Crippen molar-refractivity contribution in [2.75, 3.05) is 36.5 Å². The zero-order chi connectivity index (χ0) is 21.7. The maximum atomic E-state index is 12.8. The second kappa shape index (κ2) is 9.91. The van der Waals surface area contributed by atoms with Crippen LogP contribution in [0.3, 0.4) is 0 Å². The minimum absolute atomic E-state index is 0.110. The van der Waals surface area contributed by atoms with Gasteiger partial charge >= 0.3 is 0 Å². The molecule has 1 atom stereocenters. The molecule has 1 fully saturated rings. The highest BCUT2D eigenvalue weighted by molar-refractivity contribution is 9.10. The molecule has 2 aromatic carbocycles. The predicted octanol–water partition coefficient (Wildman–Crippen LogP) is 3.23. The Morgan fingerprint density at radius 2 is 1.63 bits per heavy atom. The topological polar surface area (TPSA) is 87.7 Å². The molecule has 0 saturated carbocycles. The van der Waals surface area contributed by atoms with Gasteiger partial charge in [-0.05, 0) is 54.4 Å². The summed E-state index contributed by atoms with van der Waals surface area (Å²) in [4.78, 5) is 15.2. The van der Waals surface area contributed by atoms with Gasteiger partial charge in [0.15, 0.2) is 0 Å². The smallest absolute Gasteiger partial charge is 0.242 e. The molecule has 2 N–H and O–H groups in total. The molecule has 30 heavy (non-hydrogen) atoms. The van der Waals surface area contributed by atoms with Crippen molar-refractivity contribution in [3.05, 3.63) is 53.0 Å². The maximum absolute atomic E-state index is 12.8. The van der Waals surface area contributed by atoms with Gasteiger partial charge in [-0.1, -0.05) is 29.8 Å². The van der Waals surface area contributed by atoms with E-state index in [-0.39, 0.29) is 10.8 Å². The molecule has 1 aliphatic rings. The minimum Gasteiger partial charge on any atom is -0.378 e. The molecule has 0 aromatic heterocycles. The van der Waals surface area contributed by atoms with E-state index in [2.05, 4.69) is 30.9 Å². The van der Waals surface area contributed by atoms with Gasteiger partial charge in [0.1, 0.15) is 6.04 Å². The quantitative estimate of drug-likeness (QED) is 0.615. The molecule has 0 unspecified atom stereocenters. The van der Waals surface area contributed by atoms with Crippen molar-refractivity contribution in [3.8, 4) is 0 Å². The van der Waals surface area contributed by atoms with Gasteiger partial charge in [0, 0.05) is 28.9 Å². The Bertz CT molecular complexity index is 957. The summed E-state index contributed by atoms with van der Waals surface area (Å²) < 4.78 is 34.1. The molecule has 162 valence electrons. The number of morpholine rings is 1. The first-order chi connectivity index (χ1) is 14.3. The van der Waals surface area contributed by atoms with Crippen molar-refractivity contribution < 1.29 is 17.9 Å². The summed E-state index contributed by atoms with van der Waals surface area (Å²) in [7, 11) is -3.83. The summed E-state index contributed by atoms with van der Waals surface area (Å²) in [5.74, 6) is -0.632. The Kier molecular flexibility index (Phi) is 7.51. The third-order valence-electron chi connectivity index (χ3n) is 4.87. The van der Waals surface area contributed by atoms with Gasteiger partial charge in [-0.25, -0.2) is 8.42 Å². The Morgan fingerprint density at radius 3 is 2.20 bits per heavy atom. The van der Waals surface area contributed by atoms with Crippen molar-refractivity contribution in [2.24, 2.45) is 5.92 Å². The van der Waals surface area contributed by atoms with E-state index >= 15 is 0 Å². The van der Waals surface area contributed by atoms with Crippen LogP contribution in [-0.4, -0.2) is 46.7 Å². The molecule has 1 aliphatic heterocycles. The number of rotatable bonds is 7. The van der Waals surface area contributed by atoms with Crippen molar-refractivity contribution in [1.82, 2.24) is 4.72 Å². The van der Waals surface area contributed by atoms with Gasteiger partial charge in [-0.2, -0.15) is 4.72 Å². The van der Waals surface area contributed by atoms with Gasteiger partial charge in [0.25, 0.3) is 0 Å². The second-order valence-electron chi connectivity index (χ2n) is 7.43. The van der Waals surface area contributed by atoms with Crippen LogP contribution in [0.1, 0.15) is 13.8 Å². The van der Waals surface area contributed by atoms with Gasteiger partial charge in [0.05, 0.1) is 18.1 Å². The number of hydrogen-bond acceptors (Lipinski definition) is 5. The standard InChI is InChI=1S/C21H26BrN3O4S/c1-15(2)20(24-30(27,28)19-9-3-16(22)4-10-19)21(26)23-17-5-7-18(8-6-17)25-11-13-29-14-12-25/h3-10,15,20,24H,11-14H2,1-2H3,(H,23,26)/t20-/m0/s1. The Labute approximate surface area is 186 Å². The summed E-state index contributed by atoms with van der Waals surface area (Å²) in [6.45, 7) is 6.67. The number of nitrogens with zero attached hydrogens (tertiary/aromatic N) is 1.